The van der Waals surface area contributed by atoms with Gasteiger partial charge in [-0.15, -0.1) is 35.9 Å². The molecule has 525 valence electrons. The summed E-state index contributed by atoms with van der Waals surface area (Å²) in [4.78, 5) is 18.0. The molecule has 1 radical (unpaired) electrons. The van der Waals surface area contributed by atoms with Gasteiger partial charge in [0.2, 0.25) is 0 Å². The first-order valence-electron chi connectivity index (χ1n) is 35.5. The van der Waals surface area contributed by atoms with E-state index < -0.39 is 12.4 Å². The Morgan fingerprint density at radius 3 is 0.971 bits per heavy atom. The molecule has 1 spiro atoms. The molecular weight excluding hydrogens is 1510 g/mol. The number of aliphatic hydroxyl groups excluding tert-OH is 2. The molecule has 0 saturated carbocycles. The van der Waals surface area contributed by atoms with E-state index in [1.54, 1.807) is 20.2 Å². The topological polar surface area (TPSA) is 79.2 Å². The fraction of sp³-hybridized carbons (Fsp3) is 0.118. The number of nitrogens with zero attached hydrogens (tertiary/aromatic N) is 6. The number of hydrogen-bond acceptors (Lipinski definition) is 9. The zero-order valence-corrected chi connectivity index (χ0v) is 63.6. The maximum absolute atomic E-state index is 11.3. The summed E-state index contributed by atoms with van der Waals surface area (Å²) in [6.07, 6.45) is 1.34. The minimum absolute atomic E-state index is 0. The molecule has 8 nitrogen and oxygen atoms in total. The second kappa shape index (κ2) is 33.8. The molecule has 0 amide bonds. The van der Waals surface area contributed by atoms with Crippen LogP contribution in [-0.4, -0.2) is 40.3 Å². The second-order valence-electron chi connectivity index (χ2n) is 26.9. The first-order valence-corrected chi connectivity index (χ1v) is 37.8. The van der Waals surface area contributed by atoms with E-state index >= 15 is 0 Å². The summed E-state index contributed by atoms with van der Waals surface area (Å²) >= 11 is 3.94. The van der Waals surface area contributed by atoms with Crippen molar-refractivity contribution in [1.29, 1.82) is 1.28 Å². The molecule has 2 aliphatic rings. The fourth-order valence-corrected chi connectivity index (χ4v) is 14.1. The predicted octanol–water partition coefficient (Wildman–Crippen LogP) is 24.5. The molecule has 3 unspecified atom stereocenters. The number of benzene rings is 13. The standard InChI is InChI=1S/C73H52N4.C14H15N2.C5H12O2.CH4FPS.Ir/c1-7-23-53(24-8-1)74(54-25-9-2-10-26-54)59-39-43-61(44-40-59)76(57-31-15-5-16-32-57)63-47-49-67-68-50-48-64(52-72(68)73(71(67)51-63)69-37-21-19-35-65(69)66-36-20-22-38-70(66)73)77(58-33-17-6-18-34-58)62-45-41-60(42-46-62)75(55-27-11-3-12-28-55)56-29-13-4-14-30-56;1-14(2,3)13-9-12(15-10-16-13)11-7-5-4-6-8-11;1-4(6)3-5(2)7;1-3(2)4;/h1-52H;4-7,9-10H,1-3H3;4-7H,3H2,1-2H3;3H,1H3;/q;-1;;;/i;;;3D;. The Morgan fingerprint density at radius 2 is 0.676 bits per heavy atom. The van der Waals surface area contributed by atoms with Crippen molar-refractivity contribution in [2.45, 2.75) is 64.1 Å². The van der Waals surface area contributed by atoms with Crippen molar-refractivity contribution in [1.82, 2.24) is 9.97 Å². The summed E-state index contributed by atoms with van der Waals surface area (Å²) in [5, 5.41) is 17.1. The van der Waals surface area contributed by atoms with E-state index in [0.29, 0.717) is 6.42 Å². The molecule has 0 bridgehead atoms. The third kappa shape index (κ3) is 16.5. The maximum Gasteiger partial charge on any atom is 0.105 e. The van der Waals surface area contributed by atoms with Gasteiger partial charge < -0.3 is 29.8 Å². The molecule has 0 aliphatic heterocycles. The van der Waals surface area contributed by atoms with Gasteiger partial charge in [-0.25, -0.2) is 9.18 Å². The van der Waals surface area contributed by atoms with Crippen molar-refractivity contribution in [2.24, 2.45) is 0 Å². The van der Waals surface area contributed by atoms with Gasteiger partial charge >= 0.3 is 0 Å². The van der Waals surface area contributed by atoms with E-state index in [0.717, 1.165) is 91.9 Å². The molecular formula is C93H83FIrN6O2PS-. The SMILES string of the molecule is CC(C)(C)c1cc(-c2[c-]cccc2)ncn1.CC(O)CC(C)O.[2H]P(C)(F)=S.[Ir].c1ccc(N(c2ccccc2)c2ccc(N(c3ccccc3)c3ccc4c(c3)C3(c5ccccc5-c5ccccc53)c3cc(N(c5ccccc5)c5ccc(N(c6ccccc6)c6ccccc6)cc5)ccc3-4)cc2)cc1. The number of aliphatic hydroxyl groups is 2. The van der Waals surface area contributed by atoms with E-state index in [4.69, 9.17) is 11.5 Å². The third-order valence-corrected chi connectivity index (χ3v) is 18.5. The summed E-state index contributed by atoms with van der Waals surface area (Å²) < 4.78 is 17.5. The Balaban J connectivity index is 0.000000305. The van der Waals surface area contributed by atoms with Crippen LogP contribution in [0.5, 0.6) is 0 Å². The van der Waals surface area contributed by atoms with Crippen LogP contribution in [0.25, 0.3) is 33.5 Å². The van der Waals surface area contributed by atoms with Gasteiger partial charge in [-0.1, -0.05) is 209 Å². The van der Waals surface area contributed by atoms with Gasteiger partial charge in [0.15, 0.2) is 0 Å². The Bertz CT molecular complexity index is 4880. The zero-order chi connectivity index (χ0) is 73.1. The van der Waals surface area contributed by atoms with Crippen molar-refractivity contribution in [3.8, 4) is 33.5 Å². The fourth-order valence-electron chi connectivity index (χ4n) is 14.1. The van der Waals surface area contributed by atoms with E-state index in [2.05, 4.69) is 384 Å². The largest absolute Gasteiger partial charge is 0.393 e. The van der Waals surface area contributed by atoms with Crippen LogP contribution < -0.4 is 19.6 Å². The number of fused-ring (bicyclic) bond motifs is 10. The maximum atomic E-state index is 11.3. The van der Waals surface area contributed by atoms with Gasteiger partial charge in [0.1, 0.15) is 14.6 Å². The minimum atomic E-state index is -3.06. The van der Waals surface area contributed by atoms with Crippen molar-refractivity contribution in [2.75, 3.05) is 26.3 Å². The van der Waals surface area contributed by atoms with Crippen LogP contribution in [0, 0.1) is 6.07 Å². The van der Waals surface area contributed by atoms with Gasteiger partial charge in [-0.3, -0.25) is 4.98 Å². The molecule has 0 saturated heterocycles. The monoisotopic (exact) mass is 1590 g/mol. The number of rotatable bonds is 15. The van der Waals surface area contributed by atoms with Gasteiger partial charge in [0.05, 0.1) is 17.6 Å². The number of anilines is 12. The molecule has 14 aromatic rings. The van der Waals surface area contributed by atoms with Crippen LogP contribution in [0.1, 0.15) is 69.0 Å². The van der Waals surface area contributed by atoms with E-state index in [-0.39, 0.29) is 37.7 Å². The molecule has 3 atom stereocenters. The number of halogens is 1. The molecule has 16 rings (SSSR count). The molecule has 1 heterocycles. The predicted molar refractivity (Wildman–Crippen MR) is 437 cm³/mol. The summed E-state index contributed by atoms with van der Waals surface area (Å²) in [5.74, 6) is 0. The van der Waals surface area contributed by atoms with Crippen molar-refractivity contribution in [3.05, 3.63) is 386 Å². The summed E-state index contributed by atoms with van der Waals surface area (Å²) in [7, 11) is 0. The normalized spacial score (nSPS) is 13.0. The molecule has 0 fully saturated rings. The average molecular weight is 1590 g/mol. The average Bonchev–Trinajstić information content (AvgIpc) is 1.51. The summed E-state index contributed by atoms with van der Waals surface area (Å²) in [6, 6.07) is 128. The summed E-state index contributed by atoms with van der Waals surface area (Å²) in [6.45, 7) is 7.82. The summed E-state index contributed by atoms with van der Waals surface area (Å²) in [5.41, 5.74) is 25.7. The molecule has 12 heteroatoms. The number of para-hydroxylation sites is 6. The van der Waals surface area contributed by atoms with Gasteiger partial charge in [0.25, 0.3) is 0 Å². The third-order valence-electron chi connectivity index (χ3n) is 18.5. The number of aromatic nitrogens is 2. The minimum Gasteiger partial charge on any atom is -0.393 e. The first kappa shape index (κ1) is 72.6. The van der Waals surface area contributed by atoms with Crippen molar-refractivity contribution < 1.29 is 34.5 Å². The van der Waals surface area contributed by atoms with Crippen LogP contribution in [-0.2, 0) is 42.7 Å². The zero-order valence-electron chi connectivity index (χ0n) is 60.5. The van der Waals surface area contributed by atoms with Crippen LogP contribution in [0.4, 0.5) is 72.4 Å². The first-order chi connectivity index (χ1) is 50.9. The Labute approximate surface area is 638 Å². The Morgan fingerprint density at radius 1 is 0.400 bits per heavy atom. The molecule has 2 N–H and O–H groups in total. The van der Waals surface area contributed by atoms with Crippen LogP contribution in [0.15, 0.2) is 352 Å². The second-order valence-corrected chi connectivity index (χ2v) is 29.2. The quantitative estimate of drug-likeness (QED) is 0.0771. The van der Waals surface area contributed by atoms with Crippen molar-refractivity contribution >= 4 is 87.0 Å². The van der Waals surface area contributed by atoms with Gasteiger partial charge in [-0.05, 0) is 223 Å². The van der Waals surface area contributed by atoms with Gasteiger partial charge in [-0.2, -0.15) is 0 Å². The van der Waals surface area contributed by atoms with Gasteiger partial charge in [0, 0.05) is 99.5 Å². The molecule has 1 aromatic heterocycles. The molecule has 13 aromatic carbocycles. The van der Waals surface area contributed by atoms with Crippen LogP contribution >= 0.6 is 6.95 Å². The Kier molecular flexibility index (Phi) is 23.4. The number of hydrogen-bond donors (Lipinski definition) is 2. The van der Waals surface area contributed by atoms with E-state index in [1.165, 1.54) is 44.5 Å². The molecule has 105 heavy (non-hydrogen) atoms. The molecule has 2 aliphatic carbocycles. The Hall–Kier alpha value is -10.7. The van der Waals surface area contributed by atoms with Crippen LogP contribution in [0.3, 0.4) is 0 Å². The smallest absolute Gasteiger partial charge is 0.105 e. The van der Waals surface area contributed by atoms with E-state index in [9.17, 15) is 4.20 Å². The van der Waals surface area contributed by atoms with Crippen LogP contribution in [0.2, 0.25) is 0 Å². The van der Waals surface area contributed by atoms with Crippen molar-refractivity contribution in [3.63, 3.8) is 0 Å². The van der Waals surface area contributed by atoms with E-state index in [1.807, 2.05) is 30.3 Å².